The fraction of sp³-hybridized carbons (Fsp3) is 0.389. The average Bonchev–Trinajstić information content (AvgIpc) is 2.66. The van der Waals surface area contributed by atoms with Crippen LogP contribution in [0.2, 0.25) is 0 Å². The van der Waals surface area contributed by atoms with Gasteiger partial charge in [0.1, 0.15) is 18.4 Å². The van der Waals surface area contributed by atoms with Crippen LogP contribution in [0.3, 0.4) is 0 Å². The summed E-state index contributed by atoms with van der Waals surface area (Å²) in [6.07, 6.45) is 6.93. The predicted molar refractivity (Wildman–Crippen MR) is 103 cm³/mol. The largest absolute Gasteiger partial charge is 0.333 e. The number of carbonyl (C=O) groups excluding carboxylic acids is 3. The van der Waals surface area contributed by atoms with Gasteiger partial charge in [-0.3, -0.25) is 24.8 Å². The molecule has 2 aliphatic heterocycles. The fourth-order valence-corrected chi connectivity index (χ4v) is 3.46. The lowest BCUT2D eigenvalue weighted by Crippen LogP contribution is -2.71. The molecule has 0 aromatic rings. The van der Waals surface area contributed by atoms with Crippen molar-refractivity contribution in [3.8, 4) is 0 Å². The summed E-state index contributed by atoms with van der Waals surface area (Å²) < 4.78 is 0. The first-order valence-corrected chi connectivity index (χ1v) is 8.87. The second-order valence-corrected chi connectivity index (χ2v) is 6.58. The maximum absolute atomic E-state index is 12.6. The monoisotopic (exact) mass is 385 g/mol. The van der Waals surface area contributed by atoms with Crippen molar-refractivity contribution in [2.24, 2.45) is 5.10 Å². The van der Waals surface area contributed by atoms with Crippen LogP contribution in [0, 0.1) is 5.41 Å². The molecule has 2 N–H and O–H groups in total. The lowest BCUT2D eigenvalue weighted by molar-refractivity contribution is -0.190. The number of hydrazine groups is 1. The highest BCUT2D eigenvalue weighted by atomic mass is 16.2. The van der Waals surface area contributed by atoms with Crippen LogP contribution >= 0.6 is 0 Å². The Labute approximate surface area is 162 Å². The molecule has 0 bridgehead atoms. The van der Waals surface area contributed by atoms with Crippen molar-refractivity contribution in [3.63, 3.8) is 0 Å². The van der Waals surface area contributed by atoms with Crippen molar-refractivity contribution in [2.45, 2.75) is 6.17 Å². The van der Waals surface area contributed by atoms with Crippen LogP contribution in [0.15, 0.2) is 41.6 Å². The van der Waals surface area contributed by atoms with Gasteiger partial charge in [-0.05, 0) is 17.7 Å². The minimum atomic E-state index is -0.551. The molecule has 148 valence electrons. The number of nitrogens with zero attached hydrogens (tertiary/aromatic N) is 5. The molecule has 0 aromatic carbocycles. The average molecular weight is 385 g/mol. The first kappa shape index (κ1) is 19.5. The summed E-state index contributed by atoms with van der Waals surface area (Å²) >= 11 is 0. The Morgan fingerprint density at radius 1 is 1.32 bits per heavy atom. The fourth-order valence-electron chi connectivity index (χ4n) is 3.46. The molecule has 10 heteroatoms. The zero-order chi connectivity index (χ0) is 20.3. The Kier molecular flexibility index (Phi) is 5.69. The maximum atomic E-state index is 12.6. The van der Waals surface area contributed by atoms with Crippen LogP contribution in [0.25, 0.3) is 0 Å². The number of fused-ring (bicyclic) bond motifs is 1. The van der Waals surface area contributed by atoms with Crippen molar-refractivity contribution in [2.75, 3.05) is 39.8 Å². The van der Waals surface area contributed by atoms with Crippen LogP contribution in [-0.4, -0.2) is 95.4 Å². The molecule has 1 aliphatic carbocycles. The maximum Gasteiger partial charge on any atom is 0.242 e. The van der Waals surface area contributed by atoms with Crippen LogP contribution in [0.1, 0.15) is 0 Å². The number of carbonyl (C=O) groups is 3. The van der Waals surface area contributed by atoms with Crippen molar-refractivity contribution in [3.05, 3.63) is 36.5 Å². The number of piperazine rings is 1. The molecule has 2 saturated heterocycles. The van der Waals surface area contributed by atoms with Crippen molar-refractivity contribution < 1.29 is 14.4 Å². The third kappa shape index (κ3) is 3.72. The normalized spacial score (nSPS) is 24.4. The molecule has 0 radical (unpaired) electrons. The van der Waals surface area contributed by atoms with Crippen LogP contribution in [0.5, 0.6) is 0 Å². The molecule has 0 spiro atoms. The number of hydrogen-bond acceptors (Lipinski definition) is 7. The quantitative estimate of drug-likeness (QED) is 0.262. The minimum absolute atomic E-state index is 0.0349. The summed E-state index contributed by atoms with van der Waals surface area (Å²) in [7, 11) is 1.66. The molecule has 3 aliphatic rings. The minimum Gasteiger partial charge on any atom is -0.333 e. The zero-order valence-electron chi connectivity index (χ0n) is 15.7. The lowest BCUT2D eigenvalue weighted by Gasteiger charge is -2.51. The molecule has 3 amide bonds. The van der Waals surface area contributed by atoms with Crippen LogP contribution in [-0.2, 0) is 14.4 Å². The van der Waals surface area contributed by atoms with E-state index in [1.807, 2.05) is 0 Å². The number of nitrogens with one attached hydrogen (secondary N) is 2. The third-order valence-electron chi connectivity index (χ3n) is 4.79. The Hall–Kier alpha value is -3.27. The topological polar surface area (TPSA) is 112 Å². The summed E-state index contributed by atoms with van der Waals surface area (Å²) in [5.41, 5.74) is 4.18. The summed E-state index contributed by atoms with van der Waals surface area (Å²) in [6, 6.07) is 0. The van der Waals surface area contributed by atoms with Gasteiger partial charge in [0.05, 0.1) is 18.8 Å². The molecular formula is C18H23N7O3. The number of rotatable bonds is 6. The summed E-state index contributed by atoms with van der Waals surface area (Å²) in [5, 5.41) is 15.1. The van der Waals surface area contributed by atoms with Gasteiger partial charge in [0.2, 0.25) is 18.2 Å². The van der Waals surface area contributed by atoms with Crippen LogP contribution < -0.4 is 5.43 Å². The number of hydrazone groups is 1. The molecule has 2 fully saturated rings. The van der Waals surface area contributed by atoms with E-state index in [1.165, 1.54) is 9.91 Å². The summed E-state index contributed by atoms with van der Waals surface area (Å²) in [5.74, 6) is -0.382. The van der Waals surface area contributed by atoms with E-state index in [0.717, 1.165) is 5.57 Å². The van der Waals surface area contributed by atoms with Gasteiger partial charge in [-0.1, -0.05) is 12.2 Å². The summed E-state index contributed by atoms with van der Waals surface area (Å²) in [6.45, 7) is 4.48. The lowest BCUT2D eigenvalue weighted by atomic mass is 10.0. The van der Waals surface area contributed by atoms with Gasteiger partial charge < -0.3 is 15.2 Å². The molecule has 0 saturated carbocycles. The summed E-state index contributed by atoms with van der Waals surface area (Å²) in [4.78, 5) is 39.7. The molecule has 2 heterocycles. The van der Waals surface area contributed by atoms with E-state index in [-0.39, 0.29) is 43.7 Å². The van der Waals surface area contributed by atoms with Gasteiger partial charge in [0.25, 0.3) is 0 Å². The van der Waals surface area contributed by atoms with Crippen molar-refractivity contribution in [1.82, 2.24) is 25.2 Å². The van der Waals surface area contributed by atoms with E-state index in [0.29, 0.717) is 18.7 Å². The SMILES string of the molecule is C=CCN1CC(=O)N2CC(=O)N(CC3=CC(=N)/C(=N\NC)C=C3)C[C@@H]2N1C=O. The van der Waals surface area contributed by atoms with E-state index in [1.54, 1.807) is 41.3 Å². The first-order valence-electron chi connectivity index (χ1n) is 8.87. The van der Waals surface area contributed by atoms with Gasteiger partial charge in [-0.15, -0.1) is 6.58 Å². The van der Waals surface area contributed by atoms with Gasteiger partial charge in [0.15, 0.2) is 0 Å². The molecule has 0 aromatic heterocycles. The van der Waals surface area contributed by atoms with E-state index < -0.39 is 6.17 Å². The molecule has 3 rings (SSSR count). The van der Waals surface area contributed by atoms with Crippen molar-refractivity contribution in [1.29, 1.82) is 5.41 Å². The third-order valence-corrected chi connectivity index (χ3v) is 4.79. The second kappa shape index (κ2) is 8.17. The van der Waals surface area contributed by atoms with E-state index in [9.17, 15) is 14.4 Å². The van der Waals surface area contributed by atoms with E-state index >= 15 is 0 Å². The number of amides is 3. The molecule has 0 unspecified atom stereocenters. The smallest absolute Gasteiger partial charge is 0.242 e. The van der Waals surface area contributed by atoms with Gasteiger partial charge in [0, 0.05) is 20.1 Å². The highest BCUT2D eigenvalue weighted by Crippen LogP contribution is 2.22. The Bertz CT molecular complexity index is 801. The standard InChI is InChI=1S/C18H23N7O3/c1-3-6-23-10-18(28)24-11-17(27)22(9-16(24)25(23)12-26)8-13-4-5-15(21-20-2)14(19)7-13/h3-5,7,12,16,19-20H,1,6,8-11H2,2H3/b19-14?,21-15-/t16-/m0/s1. The molecular weight excluding hydrogens is 362 g/mol. The second-order valence-electron chi connectivity index (χ2n) is 6.58. The highest BCUT2D eigenvalue weighted by Gasteiger charge is 2.43. The Morgan fingerprint density at radius 2 is 2.11 bits per heavy atom. The predicted octanol–water partition coefficient (Wildman–Crippen LogP) is -1.05. The van der Waals surface area contributed by atoms with Crippen molar-refractivity contribution >= 4 is 29.6 Å². The van der Waals surface area contributed by atoms with Gasteiger partial charge in [-0.25, -0.2) is 5.01 Å². The Balaban J connectivity index is 1.76. The van der Waals surface area contributed by atoms with Gasteiger partial charge in [-0.2, -0.15) is 5.10 Å². The highest BCUT2D eigenvalue weighted by molar-refractivity contribution is 6.50. The number of hydrogen-bond donors (Lipinski definition) is 2. The zero-order valence-corrected chi connectivity index (χ0v) is 15.7. The Morgan fingerprint density at radius 3 is 2.75 bits per heavy atom. The number of allylic oxidation sites excluding steroid dienone is 2. The molecule has 28 heavy (non-hydrogen) atoms. The first-order chi connectivity index (χ1) is 13.5. The van der Waals surface area contributed by atoms with Gasteiger partial charge >= 0.3 is 0 Å². The van der Waals surface area contributed by atoms with E-state index in [4.69, 9.17) is 5.41 Å². The molecule has 1 atom stereocenters. The van der Waals surface area contributed by atoms with Crippen LogP contribution in [0.4, 0.5) is 0 Å². The van der Waals surface area contributed by atoms with E-state index in [2.05, 4.69) is 17.1 Å². The molecule has 10 nitrogen and oxygen atoms in total.